The minimum atomic E-state index is -0.167. The Morgan fingerprint density at radius 3 is 2.48 bits per heavy atom. The fourth-order valence-corrected chi connectivity index (χ4v) is 2.73. The van der Waals surface area contributed by atoms with Crippen LogP contribution in [0.3, 0.4) is 0 Å². The Morgan fingerprint density at radius 1 is 1.24 bits per heavy atom. The molecule has 1 aromatic rings. The monoisotopic (exact) mass is 295 g/mol. The van der Waals surface area contributed by atoms with Crippen molar-refractivity contribution in [3.63, 3.8) is 0 Å². The number of ether oxygens (including phenoxy) is 1. The molecule has 120 valence electrons. The molecule has 1 rings (SSSR count). The molecule has 0 radical (unpaired) electrons. The molecule has 0 bridgehead atoms. The number of hydrogen-bond donors (Lipinski definition) is 1. The minimum Gasteiger partial charge on any atom is -0.377 e. The highest BCUT2D eigenvalue weighted by molar-refractivity contribution is 5.27. The number of nitrogens with one attached hydrogen (secondary N) is 1. The third-order valence-corrected chi connectivity index (χ3v) is 3.81. The molecule has 0 aliphatic carbocycles. The maximum absolute atomic E-state index is 13.3. The summed E-state index contributed by atoms with van der Waals surface area (Å²) < 4.78 is 19.2. The standard InChI is InChI=1S/C18H30FNO/c1-6-10-20-17(18(13(3)4)21-7-2)12-15-8-9-16(19)11-14(15)5/h8-9,11,13,17-18,20H,6-7,10,12H2,1-5H3. The molecular weight excluding hydrogens is 265 g/mol. The lowest BCUT2D eigenvalue weighted by molar-refractivity contribution is 0.00359. The summed E-state index contributed by atoms with van der Waals surface area (Å²) in [5.41, 5.74) is 2.20. The molecule has 2 unspecified atom stereocenters. The lowest BCUT2D eigenvalue weighted by atomic mass is 9.92. The third-order valence-electron chi connectivity index (χ3n) is 3.81. The Kier molecular flexibility index (Phi) is 7.91. The molecule has 21 heavy (non-hydrogen) atoms. The summed E-state index contributed by atoms with van der Waals surface area (Å²) in [7, 11) is 0. The Hall–Kier alpha value is -0.930. The molecule has 0 saturated carbocycles. The SMILES string of the molecule is CCCNC(Cc1ccc(F)cc1C)C(OCC)C(C)C. The topological polar surface area (TPSA) is 21.3 Å². The van der Waals surface area contributed by atoms with Crippen molar-refractivity contribution in [2.75, 3.05) is 13.2 Å². The fraction of sp³-hybridized carbons (Fsp3) is 0.667. The minimum absolute atomic E-state index is 0.167. The fourth-order valence-electron chi connectivity index (χ4n) is 2.73. The second kappa shape index (κ2) is 9.16. The lowest BCUT2D eigenvalue weighted by Crippen LogP contribution is -2.46. The number of aryl methyl sites for hydroxylation is 1. The van der Waals surface area contributed by atoms with Gasteiger partial charge in [-0.2, -0.15) is 0 Å². The zero-order valence-electron chi connectivity index (χ0n) is 14.1. The van der Waals surface area contributed by atoms with Crippen LogP contribution in [0.4, 0.5) is 4.39 Å². The van der Waals surface area contributed by atoms with Gasteiger partial charge in [-0.05, 0) is 62.4 Å². The predicted octanol–water partition coefficient (Wildman–Crippen LogP) is 4.11. The highest BCUT2D eigenvalue weighted by Crippen LogP contribution is 2.18. The Bertz CT molecular complexity index is 420. The van der Waals surface area contributed by atoms with Gasteiger partial charge in [0.1, 0.15) is 5.82 Å². The first-order valence-corrected chi connectivity index (χ1v) is 8.09. The van der Waals surface area contributed by atoms with Crippen molar-refractivity contribution in [2.45, 2.75) is 59.6 Å². The van der Waals surface area contributed by atoms with Gasteiger partial charge in [0.25, 0.3) is 0 Å². The van der Waals surface area contributed by atoms with Crippen LogP contribution in [0, 0.1) is 18.7 Å². The molecule has 0 aliphatic rings. The van der Waals surface area contributed by atoms with E-state index >= 15 is 0 Å². The van der Waals surface area contributed by atoms with Crippen LogP contribution in [0.2, 0.25) is 0 Å². The van der Waals surface area contributed by atoms with Gasteiger partial charge in [0.2, 0.25) is 0 Å². The molecule has 3 heteroatoms. The van der Waals surface area contributed by atoms with Crippen molar-refractivity contribution < 1.29 is 9.13 Å². The summed E-state index contributed by atoms with van der Waals surface area (Å²) >= 11 is 0. The molecule has 0 aromatic heterocycles. The summed E-state index contributed by atoms with van der Waals surface area (Å²) in [4.78, 5) is 0. The average molecular weight is 295 g/mol. The van der Waals surface area contributed by atoms with Gasteiger partial charge in [0, 0.05) is 12.6 Å². The molecule has 0 aliphatic heterocycles. The van der Waals surface area contributed by atoms with Gasteiger partial charge >= 0.3 is 0 Å². The number of halogens is 1. The maximum atomic E-state index is 13.3. The van der Waals surface area contributed by atoms with E-state index < -0.39 is 0 Å². The second-order valence-electron chi connectivity index (χ2n) is 6.00. The largest absolute Gasteiger partial charge is 0.377 e. The van der Waals surface area contributed by atoms with Gasteiger partial charge in [-0.1, -0.05) is 26.8 Å². The van der Waals surface area contributed by atoms with Crippen molar-refractivity contribution in [2.24, 2.45) is 5.92 Å². The lowest BCUT2D eigenvalue weighted by Gasteiger charge is -2.31. The van der Waals surface area contributed by atoms with Crippen LogP contribution >= 0.6 is 0 Å². The first kappa shape index (κ1) is 18.1. The second-order valence-corrected chi connectivity index (χ2v) is 6.00. The zero-order valence-corrected chi connectivity index (χ0v) is 14.1. The van der Waals surface area contributed by atoms with E-state index in [1.807, 2.05) is 19.9 Å². The quantitative estimate of drug-likeness (QED) is 0.740. The normalized spacial score (nSPS) is 14.4. The van der Waals surface area contributed by atoms with E-state index in [9.17, 15) is 4.39 Å². The summed E-state index contributed by atoms with van der Waals surface area (Å²) in [6.07, 6.45) is 2.14. The molecule has 0 saturated heterocycles. The molecular formula is C18H30FNO. The highest BCUT2D eigenvalue weighted by atomic mass is 19.1. The van der Waals surface area contributed by atoms with Crippen molar-refractivity contribution in [1.29, 1.82) is 0 Å². The van der Waals surface area contributed by atoms with Crippen molar-refractivity contribution >= 4 is 0 Å². The highest BCUT2D eigenvalue weighted by Gasteiger charge is 2.25. The summed E-state index contributed by atoms with van der Waals surface area (Å²) in [5, 5.41) is 3.61. The van der Waals surface area contributed by atoms with Gasteiger partial charge in [-0.3, -0.25) is 0 Å². The van der Waals surface area contributed by atoms with Crippen LogP contribution in [-0.2, 0) is 11.2 Å². The van der Waals surface area contributed by atoms with Crippen LogP contribution in [0.25, 0.3) is 0 Å². The summed E-state index contributed by atoms with van der Waals surface area (Å²) in [5.74, 6) is 0.277. The molecule has 1 aromatic carbocycles. The molecule has 0 spiro atoms. The summed E-state index contributed by atoms with van der Waals surface area (Å²) in [6, 6.07) is 5.31. The van der Waals surface area contributed by atoms with E-state index in [1.54, 1.807) is 12.1 Å². The van der Waals surface area contributed by atoms with E-state index in [0.717, 1.165) is 31.6 Å². The van der Waals surface area contributed by atoms with Crippen LogP contribution in [0.1, 0.15) is 45.2 Å². The predicted molar refractivity (Wildman–Crippen MR) is 87.2 cm³/mol. The zero-order chi connectivity index (χ0) is 15.8. The summed E-state index contributed by atoms with van der Waals surface area (Å²) in [6.45, 7) is 12.3. The maximum Gasteiger partial charge on any atom is 0.123 e. The third kappa shape index (κ3) is 5.76. The molecule has 2 atom stereocenters. The average Bonchev–Trinajstić information content (AvgIpc) is 2.43. The van der Waals surface area contributed by atoms with Crippen molar-refractivity contribution in [3.8, 4) is 0 Å². The molecule has 0 fully saturated rings. The first-order valence-electron chi connectivity index (χ1n) is 8.09. The number of hydrogen-bond acceptors (Lipinski definition) is 2. The molecule has 2 nitrogen and oxygen atoms in total. The Balaban J connectivity index is 2.89. The Labute approximate surface area is 129 Å². The van der Waals surface area contributed by atoms with Gasteiger partial charge in [-0.25, -0.2) is 4.39 Å². The molecule has 1 N–H and O–H groups in total. The van der Waals surface area contributed by atoms with E-state index in [0.29, 0.717) is 5.92 Å². The Morgan fingerprint density at radius 2 is 1.95 bits per heavy atom. The van der Waals surface area contributed by atoms with Gasteiger partial charge in [0.05, 0.1) is 6.10 Å². The van der Waals surface area contributed by atoms with Crippen molar-refractivity contribution in [1.82, 2.24) is 5.32 Å². The smallest absolute Gasteiger partial charge is 0.123 e. The number of rotatable bonds is 9. The molecule has 0 amide bonds. The van der Waals surface area contributed by atoms with Gasteiger partial charge in [0.15, 0.2) is 0 Å². The van der Waals surface area contributed by atoms with Gasteiger partial charge in [-0.15, -0.1) is 0 Å². The van der Waals surface area contributed by atoms with Gasteiger partial charge < -0.3 is 10.1 Å². The van der Waals surface area contributed by atoms with Crippen LogP contribution in [-0.4, -0.2) is 25.3 Å². The molecule has 0 heterocycles. The van der Waals surface area contributed by atoms with E-state index in [4.69, 9.17) is 4.74 Å². The van der Waals surface area contributed by atoms with Crippen LogP contribution < -0.4 is 5.32 Å². The van der Waals surface area contributed by atoms with Crippen molar-refractivity contribution in [3.05, 3.63) is 35.1 Å². The van der Waals surface area contributed by atoms with E-state index in [2.05, 4.69) is 26.1 Å². The van der Waals surface area contributed by atoms with E-state index in [-0.39, 0.29) is 18.0 Å². The van der Waals surface area contributed by atoms with Crippen LogP contribution in [0.5, 0.6) is 0 Å². The van der Waals surface area contributed by atoms with Crippen LogP contribution in [0.15, 0.2) is 18.2 Å². The first-order chi connectivity index (χ1) is 9.99. The number of benzene rings is 1. The van der Waals surface area contributed by atoms with E-state index in [1.165, 1.54) is 5.56 Å².